The van der Waals surface area contributed by atoms with Crippen molar-refractivity contribution in [3.63, 3.8) is 0 Å². The number of unbranched alkanes of at least 4 members (excludes halogenated alkanes) is 7. The largest absolute Gasteiger partial charge is 0.341 e. The van der Waals surface area contributed by atoms with Crippen LogP contribution < -0.4 is 10.2 Å². The highest BCUT2D eigenvalue weighted by atomic mass is 16.2. The van der Waals surface area contributed by atoms with Crippen molar-refractivity contribution in [2.75, 3.05) is 11.4 Å². The lowest BCUT2D eigenvalue weighted by Gasteiger charge is -2.18. The molecule has 0 saturated heterocycles. The van der Waals surface area contributed by atoms with Gasteiger partial charge in [-0.2, -0.15) is 0 Å². The lowest BCUT2D eigenvalue weighted by Crippen LogP contribution is -2.37. The third-order valence-corrected chi connectivity index (χ3v) is 4.63. The van der Waals surface area contributed by atoms with Crippen LogP contribution >= 0.6 is 0 Å². The average Bonchev–Trinajstić information content (AvgIpc) is 2.82. The molecule has 0 bridgehead atoms. The smallest absolute Gasteiger partial charge is 0.254 e. The molecule has 4 heteroatoms. The van der Waals surface area contributed by atoms with Gasteiger partial charge in [-0.25, -0.2) is 0 Å². The highest BCUT2D eigenvalue weighted by Crippen LogP contribution is 2.35. The summed E-state index contributed by atoms with van der Waals surface area (Å²) < 4.78 is 0. The van der Waals surface area contributed by atoms with Gasteiger partial charge in [0.15, 0.2) is 0 Å². The molecule has 1 aromatic carbocycles. The molecule has 1 unspecified atom stereocenters. The molecule has 0 fully saturated rings. The Morgan fingerprint density at radius 2 is 1.67 bits per heavy atom. The number of fused-ring (bicyclic) bond motifs is 1. The van der Waals surface area contributed by atoms with Crippen LogP contribution in [0.15, 0.2) is 24.3 Å². The minimum atomic E-state index is -0.521. The van der Waals surface area contributed by atoms with Crippen LogP contribution in [0.3, 0.4) is 0 Å². The molecule has 1 heterocycles. The molecule has 1 aromatic rings. The fourth-order valence-electron chi connectivity index (χ4n) is 3.36. The van der Waals surface area contributed by atoms with Crippen molar-refractivity contribution in [2.45, 2.75) is 71.3 Å². The second kappa shape index (κ2) is 9.45. The van der Waals surface area contributed by atoms with E-state index in [0.29, 0.717) is 0 Å². The summed E-state index contributed by atoms with van der Waals surface area (Å²) in [7, 11) is 0. The summed E-state index contributed by atoms with van der Waals surface area (Å²) in [5.41, 5.74) is 1.86. The third-order valence-electron chi connectivity index (χ3n) is 4.63. The van der Waals surface area contributed by atoms with Crippen molar-refractivity contribution in [1.29, 1.82) is 0 Å². The van der Waals surface area contributed by atoms with E-state index in [-0.39, 0.29) is 11.8 Å². The molecule has 1 N–H and O–H groups in total. The number of carbonyl (C=O) groups excluding carboxylic acids is 2. The predicted molar refractivity (Wildman–Crippen MR) is 98.0 cm³/mol. The van der Waals surface area contributed by atoms with Gasteiger partial charge in [0.25, 0.3) is 5.91 Å². The van der Waals surface area contributed by atoms with E-state index in [4.69, 9.17) is 0 Å². The number of anilines is 1. The maximum absolute atomic E-state index is 12.6. The van der Waals surface area contributed by atoms with Crippen LogP contribution in [-0.2, 0) is 9.59 Å². The second-order valence-electron chi connectivity index (χ2n) is 6.66. The van der Waals surface area contributed by atoms with E-state index in [1.54, 1.807) is 0 Å². The van der Waals surface area contributed by atoms with Gasteiger partial charge in [-0.1, -0.05) is 70.1 Å². The maximum Gasteiger partial charge on any atom is 0.254 e. The van der Waals surface area contributed by atoms with Gasteiger partial charge in [-0.05, 0) is 12.5 Å². The monoisotopic (exact) mass is 330 g/mol. The maximum atomic E-state index is 12.6. The van der Waals surface area contributed by atoms with E-state index >= 15 is 0 Å². The zero-order valence-electron chi connectivity index (χ0n) is 15.0. The van der Waals surface area contributed by atoms with Crippen LogP contribution in [0.2, 0.25) is 0 Å². The van der Waals surface area contributed by atoms with Crippen LogP contribution in [0.5, 0.6) is 0 Å². The summed E-state index contributed by atoms with van der Waals surface area (Å²) in [6.07, 6.45) is 9.98. The summed E-state index contributed by atoms with van der Waals surface area (Å²) >= 11 is 0. The van der Waals surface area contributed by atoms with Crippen LogP contribution in [0.1, 0.15) is 76.8 Å². The van der Waals surface area contributed by atoms with Gasteiger partial charge in [0.05, 0.1) is 0 Å². The van der Waals surface area contributed by atoms with E-state index < -0.39 is 6.04 Å². The first-order chi connectivity index (χ1) is 11.6. The van der Waals surface area contributed by atoms with E-state index in [2.05, 4.69) is 12.2 Å². The molecular formula is C20H30N2O2. The van der Waals surface area contributed by atoms with Gasteiger partial charge < -0.3 is 10.2 Å². The number of nitrogens with one attached hydrogen (secondary N) is 1. The number of rotatable bonds is 10. The normalized spacial score (nSPS) is 16.3. The fourth-order valence-corrected chi connectivity index (χ4v) is 3.36. The van der Waals surface area contributed by atoms with Gasteiger partial charge >= 0.3 is 0 Å². The number of benzene rings is 1. The summed E-state index contributed by atoms with van der Waals surface area (Å²) in [5.74, 6) is -0.175. The number of amides is 2. The Kier molecular flexibility index (Phi) is 7.29. The summed E-state index contributed by atoms with van der Waals surface area (Å²) in [4.78, 5) is 25.9. The van der Waals surface area contributed by atoms with Crippen LogP contribution in [0, 0.1) is 0 Å². The van der Waals surface area contributed by atoms with Crippen molar-refractivity contribution in [3.05, 3.63) is 29.8 Å². The Morgan fingerprint density at radius 1 is 1.04 bits per heavy atom. The minimum Gasteiger partial charge on any atom is -0.341 e. The third kappa shape index (κ3) is 4.83. The molecule has 0 aromatic heterocycles. The highest BCUT2D eigenvalue weighted by Gasteiger charge is 2.36. The average molecular weight is 330 g/mol. The Balaban J connectivity index is 1.82. The summed E-state index contributed by atoms with van der Waals surface area (Å²) in [6.45, 7) is 4.43. The molecule has 4 nitrogen and oxygen atoms in total. The van der Waals surface area contributed by atoms with Crippen molar-refractivity contribution < 1.29 is 9.59 Å². The molecule has 1 atom stereocenters. The Morgan fingerprint density at radius 3 is 2.33 bits per heavy atom. The van der Waals surface area contributed by atoms with Crippen LogP contribution in [-0.4, -0.2) is 18.4 Å². The van der Waals surface area contributed by atoms with Crippen LogP contribution in [0.4, 0.5) is 5.69 Å². The van der Waals surface area contributed by atoms with Crippen molar-refractivity contribution in [3.8, 4) is 0 Å². The number of para-hydroxylation sites is 1. The van der Waals surface area contributed by atoms with Crippen molar-refractivity contribution >= 4 is 17.5 Å². The zero-order chi connectivity index (χ0) is 17.4. The fraction of sp³-hybridized carbons (Fsp3) is 0.600. The molecule has 0 saturated carbocycles. The molecule has 0 spiro atoms. The molecule has 24 heavy (non-hydrogen) atoms. The van der Waals surface area contributed by atoms with Gasteiger partial charge in [-0.3, -0.25) is 9.59 Å². The van der Waals surface area contributed by atoms with Crippen molar-refractivity contribution in [2.24, 2.45) is 0 Å². The lowest BCUT2D eigenvalue weighted by atomic mass is 10.1. The number of nitrogens with zero attached hydrogens (tertiary/aromatic N) is 1. The lowest BCUT2D eigenvalue weighted by molar-refractivity contribution is -0.126. The highest BCUT2D eigenvalue weighted by molar-refractivity contribution is 6.06. The topological polar surface area (TPSA) is 49.4 Å². The van der Waals surface area contributed by atoms with E-state index in [9.17, 15) is 9.59 Å². The first kappa shape index (κ1) is 18.5. The quantitative estimate of drug-likeness (QED) is 0.648. The molecular weight excluding hydrogens is 300 g/mol. The molecule has 2 amide bonds. The Labute approximate surface area is 145 Å². The summed E-state index contributed by atoms with van der Waals surface area (Å²) in [5, 5.41) is 2.78. The molecule has 0 aliphatic carbocycles. The molecule has 2 rings (SSSR count). The predicted octanol–water partition coefficient (Wildman–Crippen LogP) is 4.35. The van der Waals surface area contributed by atoms with E-state index in [1.807, 2.05) is 29.2 Å². The molecule has 132 valence electrons. The van der Waals surface area contributed by atoms with Gasteiger partial charge in [0.2, 0.25) is 5.91 Å². The number of carbonyl (C=O) groups is 2. The molecule has 1 aliphatic heterocycles. The van der Waals surface area contributed by atoms with E-state index in [0.717, 1.165) is 30.6 Å². The number of hydrogen-bond donors (Lipinski definition) is 1. The minimum absolute atomic E-state index is 0.00524. The summed E-state index contributed by atoms with van der Waals surface area (Å²) in [6, 6.07) is 7.25. The molecule has 0 radical (unpaired) electrons. The zero-order valence-corrected chi connectivity index (χ0v) is 15.0. The van der Waals surface area contributed by atoms with Gasteiger partial charge in [-0.15, -0.1) is 0 Å². The van der Waals surface area contributed by atoms with Gasteiger partial charge in [0, 0.05) is 24.7 Å². The number of hydrogen-bond acceptors (Lipinski definition) is 2. The molecule has 1 aliphatic rings. The SMILES string of the molecule is CCCCCCCCCCN1C(=O)C(NC(C)=O)c2ccccc21. The van der Waals surface area contributed by atoms with Crippen LogP contribution in [0.25, 0.3) is 0 Å². The standard InChI is InChI=1S/C20H30N2O2/c1-3-4-5-6-7-8-9-12-15-22-18-14-11-10-13-17(18)19(20(22)24)21-16(2)23/h10-11,13-14,19H,3-9,12,15H2,1-2H3,(H,21,23). The van der Waals surface area contributed by atoms with E-state index in [1.165, 1.54) is 45.4 Å². The first-order valence-electron chi connectivity index (χ1n) is 9.32. The first-order valence-corrected chi connectivity index (χ1v) is 9.32. The Hall–Kier alpha value is -1.84. The second-order valence-corrected chi connectivity index (χ2v) is 6.66. The van der Waals surface area contributed by atoms with Crippen molar-refractivity contribution in [1.82, 2.24) is 5.32 Å². The Bertz CT molecular complexity index is 556. The van der Waals surface area contributed by atoms with Gasteiger partial charge in [0.1, 0.15) is 6.04 Å².